The molecular formula is C31H30F2N4O5. The second kappa shape index (κ2) is 12.4. The highest BCUT2D eigenvalue weighted by atomic mass is 19.1. The third kappa shape index (κ3) is 6.40. The Bertz CT molecular complexity index is 1480. The maximum Gasteiger partial charge on any atom is 0.254 e. The molecule has 42 heavy (non-hydrogen) atoms. The van der Waals surface area contributed by atoms with Crippen LogP contribution in [0.1, 0.15) is 30.6 Å². The van der Waals surface area contributed by atoms with Gasteiger partial charge in [-0.05, 0) is 48.7 Å². The van der Waals surface area contributed by atoms with Crippen LogP contribution in [0.3, 0.4) is 0 Å². The van der Waals surface area contributed by atoms with Crippen LogP contribution in [0.4, 0.5) is 14.5 Å². The summed E-state index contributed by atoms with van der Waals surface area (Å²) in [6.45, 7) is 2.43. The third-order valence-corrected chi connectivity index (χ3v) is 7.23. The van der Waals surface area contributed by atoms with Gasteiger partial charge in [0.15, 0.2) is 6.10 Å². The molecule has 2 N–H and O–H groups in total. The zero-order valence-corrected chi connectivity index (χ0v) is 22.9. The summed E-state index contributed by atoms with van der Waals surface area (Å²) in [6.07, 6.45) is -0.413. The van der Waals surface area contributed by atoms with Gasteiger partial charge in [0.25, 0.3) is 5.91 Å². The molecule has 2 aliphatic heterocycles. The maximum absolute atomic E-state index is 14.1. The van der Waals surface area contributed by atoms with Gasteiger partial charge in [-0.3, -0.25) is 24.1 Å². The monoisotopic (exact) mass is 576 g/mol. The van der Waals surface area contributed by atoms with Crippen LogP contribution in [-0.2, 0) is 25.6 Å². The number of halogens is 2. The van der Waals surface area contributed by atoms with Crippen molar-refractivity contribution in [2.75, 3.05) is 24.5 Å². The number of nitrogens with zero attached hydrogens (tertiary/aromatic N) is 2. The quantitative estimate of drug-likeness (QED) is 0.429. The summed E-state index contributed by atoms with van der Waals surface area (Å²) in [5.41, 5.74) is 1.12. The molecule has 218 valence electrons. The molecule has 0 aromatic heterocycles. The number of anilines is 1. The van der Waals surface area contributed by atoms with Crippen LogP contribution < -0.4 is 20.3 Å². The van der Waals surface area contributed by atoms with Crippen LogP contribution in [-0.4, -0.2) is 60.2 Å². The minimum Gasteiger partial charge on any atom is -0.481 e. The zero-order valence-electron chi connectivity index (χ0n) is 22.9. The number of para-hydroxylation sites is 2. The Morgan fingerprint density at radius 3 is 2.31 bits per heavy atom. The van der Waals surface area contributed by atoms with Crippen molar-refractivity contribution in [3.05, 3.63) is 95.6 Å². The molecule has 0 radical (unpaired) electrons. The number of hydrogen-bond acceptors (Lipinski definition) is 5. The van der Waals surface area contributed by atoms with Gasteiger partial charge in [-0.1, -0.05) is 42.5 Å². The Kier molecular flexibility index (Phi) is 8.46. The number of hydrogen-bond donors (Lipinski definition) is 2. The van der Waals surface area contributed by atoms with E-state index in [9.17, 15) is 28.0 Å². The number of benzene rings is 3. The first kappa shape index (κ1) is 28.7. The third-order valence-electron chi connectivity index (χ3n) is 7.23. The van der Waals surface area contributed by atoms with E-state index in [0.29, 0.717) is 36.2 Å². The van der Waals surface area contributed by atoms with Crippen molar-refractivity contribution in [3.63, 3.8) is 0 Å². The van der Waals surface area contributed by atoms with Crippen molar-refractivity contribution < 1.29 is 32.7 Å². The fraction of sp³-hybridized carbons (Fsp3) is 0.290. The molecule has 0 spiro atoms. The molecule has 1 fully saturated rings. The standard InChI is InChI=1S/C31H30F2N4O5/c1-19(34-26(38)16-20-14-22(32)17-23(33)15-20)30(40)35-28-29(21-8-3-2-4-9-21)42-25-11-6-5-10-24(25)37(31(28)41)18-27(39)36-12-7-13-36/h2-6,8-11,14-15,17,19,28-29H,7,12-13,16,18H2,1H3,(H,34,38)(H,35,40)/t19-,28-,29+/m0/s1. The molecule has 0 unspecified atom stereocenters. The molecule has 2 heterocycles. The van der Waals surface area contributed by atoms with Gasteiger partial charge in [-0.15, -0.1) is 0 Å². The van der Waals surface area contributed by atoms with Gasteiger partial charge in [0.05, 0.1) is 12.1 Å². The second-order valence-corrected chi connectivity index (χ2v) is 10.3. The van der Waals surface area contributed by atoms with Crippen LogP contribution in [0.2, 0.25) is 0 Å². The van der Waals surface area contributed by atoms with Crippen molar-refractivity contribution in [1.82, 2.24) is 15.5 Å². The topological polar surface area (TPSA) is 108 Å². The molecule has 0 saturated carbocycles. The smallest absolute Gasteiger partial charge is 0.254 e. The number of fused-ring (bicyclic) bond motifs is 1. The van der Waals surface area contributed by atoms with Gasteiger partial charge in [0, 0.05) is 19.2 Å². The number of nitrogens with one attached hydrogen (secondary N) is 2. The number of carbonyl (C=O) groups is 4. The minimum absolute atomic E-state index is 0.106. The van der Waals surface area contributed by atoms with E-state index in [2.05, 4.69) is 10.6 Å². The summed E-state index contributed by atoms with van der Waals surface area (Å²) in [7, 11) is 0. The van der Waals surface area contributed by atoms with Gasteiger partial charge in [0.2, 0.25) is 17.7 Å². The molecule has 11 heteroatoms. The van der Waals surface area contributed by atoms with Gasteiger partial charge in [-0.25, -0.2) is 8.78 Å². The highest BCUT2D eigenvalue weighted by Gasteiger charge is 2.42. The van der Waals surface area contributed by atoms with E-state index in [4.69, 9.17) is 4.74 Å². The Morgan fingerprint density at radius 2 is 1.64 bits per heavy atom. The first-order valence-corrected chi connectivity index (χ1v) is 13.6. The average Bonchev–Trinajstić information content (AvgIpc) is 3.02. The summed E-state index contributed by atoms with van der Waals surface area (Å²) in [5, 5.41) is 5.23. The zero-order chi connectivity index (χ0) is 29.8. The summed E-state index contributed by atoms with van der Waals surface area (Å²) in [4.78, 5) is 56.0. The van der Waals surface area contributed by atoms with Gasteiger partial charge in [0.1, 0.15) is 36.0 Å². The van der Waals surface area contributed by atoms with E-state index in [0.717, 1.165) is 18.6 Å². The average molecular weight is 577 g/mol. The molecule has 0 aliphatic carbocycles. The number of amides is 4. The van der Waals surface area contributed by atoms with Crippen molar-refractivity contribution in [3.8, 4) is 5.75 Å². The predicted octanol–water partition coefficient (Wildman–Crippen LogP) is 2.90. The predicted molar refractivity (Wildman–Crippen MR) is 149 cm³/mol. The van der Waals surface area contributed by atoms with Gasteiger partial charge in [-0.2, -0.15) is 0 Å². The Labute approximate surface area is 241 Å². The first-order valence-electron chi connectivity index (χ1n) is 13.6. The van der Waals surface area contributed by atoms with E-state index in [-0.39, 0.29) is 24.4 Å². The van der Waals surface area contributed by atoms with E-state index in [1.807, 2.05) is 6.07 Å². The summed E-state index contributed by atoms with van der Waals surface area (Å²) >= 11 is 0. The van der Waals surface area contributed by atoms with Crippen LogP contribution in [0.15, 0.2) is 72.8 Å². The molecular weight excluding hydrogens is 546 g/mol. The Balaban J connectivity index is 1.39. The summed E-state index contributed by atoms with van der Waals surface area (Å²) in [5.74, 6) is -3.36. The summed E-state index contributed by atoms with van der Waals surface area (Å²) < 4.78 is 33.4. The van der Waals surface area contributed by atoms with Gasteiger partial charge < -0.3 is 20.3 Å². The number of ether oxygens (including phenoxy) is 1. The Morgan fingerprint density at radius 1 is 0.976 bits per heavy atom. The largest absolute Gasteiger partial charge is 0.481 e. The molecule has 9 nitrogen and oxygen atoms in total. The fourth-order valence-corrected chi connectivity index (χ4v) is 4.94. The fourth-order valence-electron chi connectivity index (χ4n) is 4.94. The minimum atomic E-state index is -1.26. The normalized spacial score (nSPS) is 18.6. The lowest BCUT2D eigenvalue weighted by atomic mass is 10.0. The van der Waals surface area contributed by atoms with E-state index < -0.39 is 47.5 Å². The molecule has 3 aromatic rings. The van der Waals surface area contributed by atoms with Crippen molar-refractivity contribution in [2.45, 2.75) is 38.0 Å². The lowest BCUT2D eigenvalue weighted by Gasteiger charge is -2.34. The number of likely N-dealkylation sites (tertiary alicyclic amines) is 1. The molecule has 0 bridgehead atoms. The van der Waals surface area contributed by atoms with Crippen molar-refractivity contribution in [1.29, 1.82) is 0 Å². The number of carbonyl (C=O) groups excluding carboxylic acids is 4. The lowest BCUT2D eigenvalue weighted by Crippen LogP contribution is -2.57. The molecule has 1 saturated heterocycles. The van der Waals surface area contributed by atoms with Crippen molar-refractivity contribution in [2.24, 2.45) is 0 Å². The van der Waals surface area contributed by atoms with E-state index in [1.165, 1.54) is 11.8 Å². The highest BCUT2D eigenvalue weighted by Crippen LogP contribution is 2.38. The molecule has 5 rings (SSSR count). The van der Waals surface area contributed by atoms with E-state index >= 15 is 0 Å². The molecule has 3 aromatic carbocycles. The van der Waals surface area contributed by atoms with Gasteiger partial charge >= 0.3 is 0 Å². The molecule has 4 amide bonds. The summed E-state index contributed by atoms with van der Waals surface area (Å²) in [6, 6.07) is 16.2. The van der Waals surface area contributed by atoms with E-state index in [1.54, 1.807) is 53.4 Å². The van der Waals surface area contributed by atoms with Crippen molar-refractivity contribution >= 4 is 29.3 Å². The highest BCUT2D eigenvalue weighted by molar-refractivity contribution is 6.05. The van der Waals surface area contributed by atoms with Crippen LogP contribution >= 0.6 is 0 Å². The van der Waals surface area contributed by atoms with Crippen LogP contribution in [0.5, 0.6) is 5.75 Å². The maximum atomic E-state index is 14.1. The molecule has 3 atom stereocenters. The van der Waals surface area contributed by atoms with Crippen LogP contribution in [0.25, 0.3) is 0 Å². The number of rotatable bonds is 8. The second-order valence-electron chi connectivity index (χ2n) is 10.3. The van der Waals surface area contributed by atoms with Crippen LogP contribution in [0, 0.1) is 11.6 Å². The first-order chi connectivity index (χ1) is 20.2. The Hall–Kier alpha value is -4.80. The lowest BCUT2D eigenvalue weighted by molar-refractivity contribution is -0.135. The SMILES string of the molecule is C[C@H](NC(=O)Cc1cc(F)cc(F)c1)C(=O)N[C@@H]1C(=O)N(CC(=O)N2CCC2)c2ccccc2O[C@@H]1c1ccccc1. The molecule has 2 aliphatic rings.